The molecule has 2 aliphatic rings. The monoisotopic (exact) mass is 340 g/mol. The molecule has 0 spiro atoms. The highest BCUT2D eigenvalue weighted by molar-refractivity contribution is 5.93. The van der Waals surface area contributed by atoms with Crippen LogP contribution in [0.15, 0.2) is 42.6 Å². The Hall–Kier alpha value is -2.63. The molecule has 25 heavy (non-hydrogen) atoms. The molecule has 0 radical (unpaired) electrons. The summed E-state index contributed by atoms with van der Waals surface area (Å²) < 4.78 is 13.9. The van der Waals surface area contributed by atoms with E-state index in [-0.39, 0.29) is 17.6 Å². The maximum atomic E-state index is 13.9. The first-order valence-electron chi connectivity index (χ1n) is 8.72. The molecule has 0 unspecified atom stereocenters. The number of nitrogens with zero attached hydrogens (tertiary/aromatic N) is 3. The Bertz CT molecular complexity index is 752. The molecule has 0 atom stereocenters. The topological polar surface area (TPSA) is 48.5 Å². The molecule has 1 N–H and O–H groups in total. The Morgan fingerprint density at radius 3 is 2.40 bits per heavy atom. The van der Waals surface area contributed by atoms with Gasteiger partial charge < -0.3 is 15.1 Å². The lowest BCUT2D eigenvalue weighted by Crippen LogP contribution is -2.47. The normalized spacial score (nSPS) is 17.5. The van der Waals surface area contributed by atoms with Gasteiger partial charge in [-0.2, -0.15) is 0 Å². The molecule has 4 rings (SSSR count). The van der Waals surface area contributed by atoms with E-state index in [0.29, 0.717) is 5.69 Å². The number of rotatable bonds is 4. The average molecular weight is 340 g/mol. The van der Waals surface area contributed by atoms with Crippen molar-refractivity contribution in [3.8, 4) is 0 Å². The van der Waals surface area contributed by atoms with Crippen molar-refractivity contribution in [2.24, 2.45) is 5.92 Å². The van der Waals surface area contributed by atoms with Crippen LogP contribution >= 0.6 is 0 Å². The summed E-state index contributed by atoms with van der Waals surface area (Å²) in [5.41, 5.74) is 1.40. The van der Waals surface area contributed by atoms with E-state index in [1.54, 1.807) is 12.3 Å². The molecule has 1 saturated heterocycles. The van der Waals surface area contributed by atoms with E-state index in [0.717, 1.165) is 50.5 Å². The third kappa shape index (κ3) is 3.57. The fourth-order valence-corrected chi connectivity index (χ4v) is 3.12. The van der Waals surface area contributed by atoms with Crippen molar-refractivity contribution in [2.75, 3.05) is 41.3 Å². The molecule has 1 aliphatic carbocycles. The minimum Gasteiger partial charge on any atom is -0.366 e. The van der Waals surface area contributed by atoms with Gasteiger partial charge in [-0.25, -0.2) is 9.37 Å². The van der Waals surface area contributed by atoms with Crippen LogP contribution in [0.2, 0.25) is 0 Å². The highest BCUT2D eigenvalue weighted by atomic mass is 19.1. The Labute approximate surface area is 146 Å². The molecule has 2 heterocycles. The molecule has 2 aromatic rings. The molecule has 130 valence electrons. The molecule has 1 aromatic carbocycles. The molecule has 1 aromatic heterocycles. The van der Waals surface area contributed by atoms with Crippen LogP contribution in [0.5, 0.6) is 0 Å². The summed E-state index contributed by atoms with van der Waals surface area (Å²) in [4.78, 5) is 20.5. The Morgan fingerprint density at radius 1 is 1.04 bits per heavy atom. The van der Waals surface area contributed by atoms with Crippen molar-refractivity contribution in [3.05, 3.63) is 48.4 Å². The summed E-state index contributed by atoms with van der Waals surface area (Å²) in [5, 5.41) is 2.90. The number of nitrogens with one attached hydrogen (secondary N) is 1. The van der Waals surface area contributed by atoms with Gasteiger partial charge in [0.2, 0.25) is 5.91 Å². The van der Waals surface area contributed by atoms with Crippen molar-refractivity contribution in [3.63, 3.8) is 0 Å². The number of hydrogen-bond acceptors (Lipinski definition) is 4. The quantitative estimate of drug-likeness (QED) is 0.930. The largest absolute Gasteiger partial charge is 0.366 e. The summed E-state index contributed by atoms with van der Waals surface area (Å²) in [6.07, 6.45) is 3.69. The lowest BCUT2D eigenvalue weighted by molar-refractivity contribution is -0.117. The van der Waals surface area contributed by atoms with Crippen molar-refractivity contribution >= 4 is 23.1 Å². The first-order valence-corrected chi connectivity index (χ1v) is 8.72. The third-order valence-electron chi connectivity index (χ3n) is 4.76. The Balaban J connectivity index is 1.36. The Kier molecular flexibility index (Phi) is 4.26. The van der Waals surface area contributed by atoms with Gasteiger partial charge in [-0.05, 0) is 37.1 Å². The van der Waals surface area contributed by atoms with Gasteiger partial charge in [-0.15, -0.1) is 0 Å². The minimum absolute atomic E-state index is 0.0908. The van der Waals surface area contributed by atoms with E-state index >= 15 is 0 Å². The molecule has 1 amide bonds. The van der Waals surface area contributed by atoms with Gasteiger partial charge in [0.1, 0.15) is 11.6 Å². The number of anilines is 3. The number of amides is 1. The molecule has 6 heteroatoms. The summed E-state index contributed by atoms with van der Waals surface area (Å²) in [5.74, 6) is 0.988. The van der Waals surface area contributed by atoms with E-state index < -0.39 is 0 Å². The van der Waals surface area contributed by atoms with Gasteiger partial charge >= 0.3 is 0 Å². The van der Waals surface area contributed by atoms with Crippen LogP contribution in [0.4, 0.5) is 21.6 Å². The zero-order chi connectivity index (χ0) is 17.2. The van der Waals surface area contributed by atoms with E-state index in [4.69, 9.17) is 0 Å². The highest BCUT2D eigenvalue weighted by Crippen LogP contribution is 2.30. The molecular formula is C19H21FN4O. The molecule has 1 saturated carbocycles. The predicted molar refractivity (Wildman–Crippen MR) is 96.4 cm³/mol. The van der Waals surface area contributed by atoms with Crippen LogP contribution in [-0.4, -0.2) is 37.1 Å². The summed E-state index contributed by atoms with van der Waals surface area (Å²) in [6, 6.07) is 10.7. The first-order chi connectivity index (χ1) is 12.2. The van der Waals surface area contributed by atoms with E-state index in [1.807, 2.05) is 24.3 Å². The molecule has 2 fully saturated rings. The van der Waals surface area contributed by atoms with Crippen LogP contribution in [0, 0.1) is 11.7 Å². The standard InChI is InChI=1S/C19H21FN4O/c20-16-3-1-2-4-17(16)23-9-11-24(12-10-23)18-8-7-15(13-21-18)22-19(25)14-5-6-14/h1-4,7-8,13-14H,5-6,9-12H2,(H,22,25). The van der Waals surface area contributed by atoms with Crippen molar-refractivity contribution in [1.82, 2.24) is 4.98 Å². The zero-order valence-electron chi connectivity index (χ0n) is 14.0. The van der Waals surface area contributed by atoms with Gasteiger partial charge in [0.15, 0.2) is 0 Å². The van der Waals surface area contributed by atoms with Crippen molar-refractivity contribution in [1.29, 1.82) is 0 Å². The van der Waals surface area contributed by atoms with Crippen molar-refractivity contribution in [2.45, 2.75) is 12.8 Å². The Morgan fingerprint density at radius 2 is 1.76 bits per heavy atom. The maximum Gasteiger partial charge on any atom is 0.227 e. The highest BCUT2D eigenvalue weighted by Gasteiger charge is 2.29. The van der Waals surface area contributed by atoms with Gasteiger partial charge in [-0.1, -0.05) is 12.1 Å². The maximum absolute atomic E-state index is 13.9. The fourth-order valence-electron chi connectivity index (χ4n) is 3.12. The summed E-state index contributed by atoms with van der Waals surface area (Å²) in [7, 11) is 0. The van der Waals surface area contributed by atoms with Crippen LogP contribution < -0.4 is 15.1 Å². The summed E-state index contributed by atoms with van der Waals surface area (Å²) >= 11 is 0. The van der Waals surface area contributed by atoms with E-state index in [9.17, 15) is 9.18 Å². The van der Waals surface area contributed by atoms with Crippen LogP contribution in [0.25, 0.3) is 0 Å². The number of para-hydroxylation sites is 1. The predicted octanol–water partition coefficient (Wildman–Crippen LogP) is 2.90. The van der Waals surface area contributed by atoms with E-state index in [2.05, 4.69) is 20.1 Å². The van der Waals surface area contributed by atoms with Gasteiger partial charge in [0, 0.05) is 32.1 Å². The number of carbonyl (C=O) groups excluding carboxylic acids is 1. The first kappa shape index (κ1) is 15.9. The second-order valence-corrected chi connectivity index (χ2v) is 6.59. The summed E-state index contributed by atoms with van der Waals surface area (Å²) in [6.45, 7) is 3.08. The minimum atomic E-state index is -0.176. The van der Waals surface area contributed by atoms with Gasteiger partial charge in [-0.3, -0.25) is 4.79 Å². The second kappa shape index (κ2) is 6.70. The number of carbonyl (C=O) groups is 1. The smallest absolute Gasteiger partial charge is 0.227 e. The number of piperazine rings is 1. The SMILES string of the molecule is O=C(Nc1ccc(N2CCN(c3ccccc3F)CC2)nc1)C1CC1. The van der Waals surface area contributed by atoms with Crippen LogP contribution in [0.1, 0.15) is 12.8 Å². The molecule has 0 bridgehead atoms. The lowest BCUT2D eigenvalue weighted by Gasteiger charge is -2.36. The fraction of sp³-hybridized carbons (Fsp3) is 0.368. The second-order valence-electron chi connectivity index (χ2n) is 6.59. The van der Waals surface area contributed by atoms with Gasteiger partial charge in [0.25, 0.3) is 0 Å². The lowest BCUT2D eigenvalue weighted by atomic mass is 10.2. The third-order valence-corrected chi connectivity index (χ3v) is 4.76. The average Bonchev–Trinajstić information content (AvgIpc) is 3.48. The van der Waals surface area contributed by atoms with Crippen LogP contribution in [0.3, 0.4) is 0 Å². The molecule has 5 nitrogen and oxygen atoms in total. The number of hydrogen-bond donors (Lipinski definition) is 1. The molecular weight excluding hydrogens is 319 g/mol. The number of pyridine rings is 1. The molecule has 1 aliphatic heterocycles. The zero-order valence-corrected chi connectivity index (χ0v) is 14.0. The number of halogens is 1. The number of benzene rings is 1. The van der Waals surface area contributed by atoms with E-state index in [1.165, 1.54) is 6.07 Å². The van der Waals surface area contributed by atoms with Gasteiger partial charge in [0.05, 0.1) is 17.6 Å². The van der Waals surface area contributed by atoms with Crippen LogP contribution in [-0.2, 0) is 4.79 Å². The van der Waals surface area contributed by atoms with Crippen molar-refractivity contribution < 1.29 is 9.18 Å². The number of aromatic nitrogens is 1.